The molecule has 2 aliphatic heterocycles. The number of imide groups is 1. The van der Waals surface area contributed by atoms with Gasteiger partial charge in [-0.3, -0.25) is 24.1 Å². The number of thiazole rings is 1. The van der Waals surface area contributed by atoms with E-state index in [-0.39, 0.29) is 64.0 Å². The number of benzene rings is 2. The maximum atomic E-state index is 13.6. The zero-order chi connectivity index (χ0) is 24.6. The van der Waals surface area contributed by atoms with Crippen molar-refractivity contribution in [1.82, 2.24) is 9.88 Å². The van der Waals surface area contributed by atoms with E-state index in [1.165, 1.54) is 16.2 Å². The normalized spacial score (nSPS) is 31.8. The Kier molecular flexibility index (Phi) is 5.01. The first-order chi connectivity index (χ1) is 17.5. The molecule has 2 aromatic carbocycles. The van der Waals surface area contributed by atoms with Crippen molar-refractivity contribution in [2.24, 2.45) is 29.6 Å². The highest BCUT2D eigenvalue weighted by Gasteiger charge is 2.69. The van der Waals surface area contributed by atoms with Gasteiger partial charge in [-0.1, -0.05) is 59.9 Å². The summed E-state index contributed by atoms with van der Waals surface area (Å²) in [6, 6.07) is 19.2. The number of thioether (sulfide) groups is 1. The number of carbonyl (C=O) groups excluding carboxylic acids is 3. The van der Waals surface area contributed by atoms with Gasteiger partial charge in [-0.2, -0.15) is 0 Å². The van der Waals surface area contributed by atoms with Crippen LogP contribution in [0.2, 0.25) is 0 Å². The molecule has 2 saturated carbocycles. The van der Waals surface area contributed by atoms with Gasteiger partial charge >= 0.3 is 4.87 Å². The lowest BCUT2D eigenvalue weighted by Gasteiger charge is -2.43. The molecule has 0 spiro atoms. The molecule has 1 saturated heterocycles. The van der Waals surface area contributed by atoms with Crippen molar-refractivity contribution < 1.29 is 14.4 Å². The van der Waals surface area contributed by atoms with Crippen molar-refractivity contribution in [2.75, 3.05) is 11.9 Å². The topological polar surface area (TPSA) is 99.3 Å². The third-order valence-electron chi connectivity index (χ3n) is 8.33. The molecule has 3 aromatic rings. The lowest BCUT2D eigenvalue weighted by atomic mass is 9.68. The van der Waals surface area contributed by atoms with E-state index in [2.05, 4.69) is 22.4 Å². The predicted octanol–water partition coefficient (Wildman–Crippen LogP) is 3.55. The summed E-state index contributed by atoms with van der Waals surface area (Å²) in [5, 5.41) is 3.83. The quantitative estimate of drug-likeness (QED) is 0.516. The Morgan fingerprint density at radius 1 is 0.944 bits per heavy atom. The highest BCUT2D eigenvalue weighted by Crippen LogP contribution is 2.68. The summed E-state index contributed by atoms with van der Waals surface area (Å²) in [5.74, 6) is -1.30. The first-order valence-corrected chi connectivity index (χ1v) is 13.9. The first kappa shape index (κ1) is 22.1. The summed E-state index contributed by atoms with van der Waals surface area (Å²) in [6.45, 7) is -0.260. The smallest absolute Gasteiger partial charge is 0.305 e. The Morgan fingerprint density at radius 2 is 1.61 bits per heavy atom. The van der Waals surface area contributed by atoms with Crippen LogP contribution in [0.25, 0.3) is 0 Å². The Labute approximate surface area is 215 Å². The summed E-state index contributed by atoms with van der Waals surface area (Å²) < 4.78 is 0. The number of H-pyrrole nitrogens is 1. The third-order valence-corrected chi connectivity index (χ3v) is 10.9. The number of aromatic nitrogens is 1. The lowest BCUT2D eigenvalue weighted by molar-refractivity contribution is -0.143. The van der Waals surface area contributed by atoms with Crippen LogP contribution in [0.5, 0.6) is 0 Å². The highest BCUT2D eigenvalue weighted by atomic mass is 32.2. The van der Waals surface area contributed by atoms with E-state index >= 15 is 0 Å². The average molecular weight is 518 g/mol. The maximum absolute atomic E-state index is 13.6. The molecule has 3 heterocycles. The second-order valence-corrected chi connectivity index (χ2v) is 12.3. The summed E-state index contributed by atoms with van der Waals surface area (Å²) in [7, 11) is 0. The number of carbonyl (C=O) groups is 3. The van der Waals surface area contributed by atoms with Crippen LogP contribution in [0.4, 0.5) is 5.69 Å². The second-order valence-electron chi connectivity index (χ2n) is 10.0. The molecule has 0 unspecified atom stereocenters. The van der Waals surface area contributed by atoms with Crippen molar-refractivity contribution in [3.63, 3.8) is 0 Å². The maximum Gasteiger partial charge on any atom is 0.305 e. The summed E-state index contributed by atoms with van der Waals surface area (Å²) in [4.78, 5) is 57.3. The van der Waals surface area contributed by atoms with Crippen LogP contribution in [-0.4, -0.2) is 39.4 Å². The van der Waals surface area contributed by atoms with Crippen LogP contribution >= 0.6 is 23.1 Å². The van der Waals surface area contributed by atoms with Gasteiger partial charge in [0.2, 0.25) is 17.7 Å². The van der Waals surface area contributed by atoms with Crippen LogP contribution in [0.3, 0.4) is 0 Å². The van der Waals surface area contributed by atoms with Gasteiger partial charge in [-0.05, 0) is 41.9 Å². The number of likely N-dealkylation sites (tertiary alicyclic amines) is 1. The molecular formula is C27H23N3O4S2. The van der Waals surface area contributed by atoms with E-state index in [0.29, 0.717) is 5.69 Å². The van der Waals surface area contributed by atoms with Crippen molar-refractivity contribution in [3.05, 3.63) is 80.8 Å². The molecule has 7 atom stereocenters. The lowest BCUT2D eigenvalue weighted by Crippen LogP contribution is -2.42. The number of nitrogens with one attached hydrogen (secondary N) is 2. The van der Waals surface area contributed by atoms with Crippen molar-refractivity contribution in [3.8, 4) is 0 Å². The van der Waals surface area contributed by atoms with Gasteiger partial charge in [0.15, 0.2) is 0 Å². The molecule has 7 nitrogen and oxygen atoms in total. The fourth-order valence-corrected chi connectivity index (χ4v) is 10.0. The number of nitrogens with zero attached hydrogens (tertiary/aromatic N) is 1. The number of hydrogen-bond donors (Lipinski definition) is 2. The molecule has 2 N–H and O–H groups in total. The predicted molar refractivity (Wildman–Crippen MR) is 137 cm³/mol. The minimum atomic E-state index is -0.391. The molecular weight excluding hydrogens is 494 g/mol. The van der Waals surface area contributed by atoms with Crippen LogP contribution < -0.4 is 10.2 Å². The van der Waals surface area contributed by atoms with Crippen LogP contribution in [0.1, 0.15) is 22.8 Å². The minimum Gasteiger partial charge on any atom is -0.325 e. The molecule has 36 heavy (non-hydrogen) atoms. The molecule has 9 heteroatoms. The SMILES string of the molecule is O=C(CN1C(=O)[C@@H]2[C@H]3C[C@@H]([C@H]4Sc5[nH]c(=O)sc5[C@@H](c5ccccc5)[C@@H]34)[C@H]2C1=O)Nc1ccccc1. The van der Waals surface area contributed by atoms with Gasteiger partial charge in [0.1, 0.15) is 6.54 Å². The number of rotatable bonds is 4. The highest BCUT2D eigenvalue weighted by molar-refractivity contribution is 8.00. The fraction of sp³-hybridized carbons (Fsp3) is 0.333. The second kappa shape index (κ2) is 8.18. The monoisotopic (exact) mass is 517 g/mol. The molecule has 2 aliphatic carbocycles. The van der Waals surface area contributed by atoms with E-state index < -0.39 is 5.92 Å². The summed E-state index contributed by atoms with van der Waals surface area (Å²) >= 11 is 2.93. The Balaban J connectivity index is 1.20. The molecule has 3 fully saturated rings. The van der Waals surface area contributed by atoms with E-state index in [1.807, 2.05) is 36.4 Å². The van der Waals surface area contributed by atoms with Gasteiger partial charge in [-0.15, -0.1) is 11.8 Å². The average Bonchev–Trinajstić information content (AvgIpc) is 3.61. The van der Waals surface area contributed by atoms with Crippen LogP contribution in [0.15, 0.2) is 70.5 Å². The third kappa shape index (κ3) is 3.18. The van der Waals surface area contributed by atoms with E-state index in [4.69, 9.17) is 0 Å². The Morgan fingerprint density at radius 3 is 2.33 bits per heavy atom. The zero-order valence-electron chi connectivity index (χ0n) is 19.1. The standard InChI is InChI=1S/C27H23N3O4S2/c31-17(28-14-9-5-2-6-10-14)12-30-25(32)20-15-11-16(21(20)26(30)33)22-19(15)18(13-7-3-1-4-8-13)23-24(35-22)29-27(34)36-23/h1-10,15-16,18-22H,11-12H2,(H,28,31)(H,29,34)/t15-,16+,18-,19+,20+,21+,22+/m0/s1. The summed E-state index contributed by atoms with van der Waals surface area (Å²) in [6.07, 6.45) is 0.835. The van der Waals surface area contributed by atoms with Gasteiger partial charge in [0, 0.05) is 21.7 Å². The minimum absolute atomic E-state index is 0.0191. The van der Waals surface area contributed by atoms with Gasteiger partial charge in [-0.25, -0.2) is 0 Å². The van der Waals surface area contributed by atoms with Gasteiger partial charge in [0.05, 0.1) is 16.9 Å². The van der Waals surface area contributed by atoms with E-state index in [1.54, 1.807) is 23.9 Å². The van der Waals surface area contributed by atoms with Crippen molar-refractivity contribution in [1.29, 1.82) is 0 Å². The Hall–Kier alpha value is -3.17. The molecule has 0 radical (unpaired) electrons. The fourth-order valence-electron chi connectivity index (χ4n) is 7.13. The molecule has 3 amide bonds. The van der Waals surface area contributed by atoms with Crippen LogP contribution in [0, 0.1) is 29.6 Å². The van der Waals surface area contributed by atoms with Gasteiger partial charge in [0.25, 0.3) is 0 Å². The number of fused-ring (bicyclic) bond motifs is 9. The molecule has 2 bridgehead atoms. The Bertz CT molecular complexity index is 1440. The number of para-hydroxylation sites is 1. The van der Waals surface area contributed by atoms with E-state index in [9.17, 15) is 19.2 Å². The van der Waals surface area contributed by atoms with Crippen molar-refractivity contribution >= 4 is 46.5 Å². The van der Waals surface area contributed by atoms with E-state index in [0.717, 1.165) is 21.9 Å². The number of amides is 3. The number of aromatic amines is 1. The van der Waals surface area contributed by atoms with Crippen molar-refractivity contribution in [2.45, 2.75) is 22.6 Å². The number of anilines is 1. The largest absolute Gasteiger partial charge is 0.325 e. The summed E-state index contributed by atoms with van der Waals surface area (Å²) in [5.41, 5.74) is 1.78. The molecule has 182 valence electrons. The first-order valence-electron chi connectivity index (χ1n) is 12.2. The zero-order valence-corrected chi connectivity index (χ0v) is 20.8. The van der Waals surface area contributed by atoms with Gasteiger partial charge < -0.3 is 10.3 Å². The number of hydrogen-bond acceptors (Lipinski definition) is 6. The molecule has 4 aliphatic rings. The van der Waals surface area contributed by atoms with Crippen LogP contribution in [-0.2, 0) is 14.4 Å². The molecule has 1 aromatic heterocycles. The molecule has 7 rings (SSSR count).